The van der Waals surface area contributed by atoms with Crippen LogP contribution in [0.25, 0.3) is 0 Å². The van der Waals surface area contributed by atoms with Crippen LogP contribution in [0.5, 0.6) is 5.75 Å². The van der Waals surface area contributed by atoms with Gasteiger partial charge in [-0.1, -0.05) is 13.3 Å². The molecule has 2 N–H and O–H groups in total. The number of unbranched alkanes of at least 4 members (excludes halogenated alkanes) is 1. The zero-order chi connectivity index (χ0) is 14.3. The first-order valence-electron chi connectivity index (χ1n) is 6.38. The van der Waals surface area contributed by atoms with Gasteiger partial charge in [0.15, 0.2) is 0 Å². The molecule has 0 saturated heterocycles. The van der Waals surface area contributed by atoms with Crippen LogP contribution in [0.1, 0.15) is 43.5 Å². The average Bonchev–Trinajstić information content (AvgIpc) is 2.39. The first kappa shape index (κ1) is 15.0. The standard InChI is InChI=1S/C14H19NO4/c1-3-5-6-13(17)15-10-7-8-12(16)11(9-10)14(18)19-4-2/h7-9,16H,3-6H2,1-2H3,(H,15,17). The van der Waals surface area contributed by atoms with Crippen molar-refractivity contribution in [2.75, 3.05) is 11.9 Å². The van der Waals surface area contributed by atoms with Crippen LogP contribution in [0.4, 0.5) is 5.69 Å². The lowest BCUT2D eigenvalue weighted by atomic mass is 10.1. The van der Waals surface area contributed by atoms with Crippen molar-refractivity contribution in [2.24, 2.45) is 0 Å². The van der Waals surface area contributed by atoms with Crippen LogP contribution in [-0.2, 0) is 9.53 Å². The molecule has 0 aliphatic carbocycles. The van der Waals surface area contributed by atoms with Crippen molar-refractivity contribution < 1.29 is 19.4 Å². The molecule has 1 rings (SSSR count). The second-order valence-corrected chi connectivity index (χ2v) is 4.10. The van der Waals surface area contributed by atoms with Gasteiger partial charge in [0, 0.05) is 12.1 Å². The van der Waals surface area contributed by atoms with Crippen molar-refractivity contribution in [3.8, 4) is 5.75 Å². The first-order chi connectivity index (χ1) is 9.08. The number of esters is 1. The van der Waals surface area contributed by atoms with Crippen molar-refractivity contribution in [3.63, 3.8) is 0 Å². The summed E-state index contributed by atoms with van der Waals surface area (Å²) >= 11 is 0. The lowest BCUT2D eigenvalue weighted by molar-refractivity contribution is -0.116. The third-order valence-electron chi connectivity index (χ3n) is 2.53. The Labute approximate surface area is 112 Å². The van der Waals surface area contributed by atoms with Crippen LogP contribution >= 0.6 is 0 Å². The van der Waals surface area contributed by atoms with Crippen molar-refractivity contribution in [2.45, 2.75) is 33.1 Å². The summed E-state index contributed by atoms with van der Waals surface area (Å²) in [5.74, 6) is -0.878. The van der Waals surface area contributed by atoms with Gasteiger partial charge in [-0.25, -0.2) is 4.79 Å². The van der Waals surface area contributed by atoms with E-state index in [-0.39, 0.29) is 23.8 Å². The molecule has 0 aliphatic rings. The molecular weight excluding hydrogens is 246 g/mol. The number of phenolic OH excluding ortho intramolecular Hbond substituents is 1. The normalized spacial score (nSPS) is 10.0. The van der Waals surface area contributed by atoms with Crippen LogP contribution in [0, 0.1) is 0 Å². The molecule has 0 atom stereocenters. The predicted octanol–water partition coefficient (Wildman–Crippen LogP) is 2.70. The fourth-order valence-electron chi connectivity index (χ4n) is 1.55. The van der Waals surface area contributed by atoms with E-state index < -0.39 is 5.97 Å². The minimum absolute atomic E-state index is 0.0511. The Hall–Kier alpha value is -2.04. The molecule has 0 saturated carbocycles. The molecule has 0 bridgehead atoms. The molecule has 104 valence electrons. The summed E-state index contributed by atoms with van der Waals surface area (Å²) in [6.45, 7) is 3.92. The molecule has 1 amide bonds. The quantitative estimate of drug-likeness (QED) is 0.612. The maximum atomic E-state index is 11.6. The van der Waals surface area contributed by atoms with Crippen molar-refractivity contribution in [1.82, 2.24) is 0 Å². The molecule has 0 fully saturated rings. The summed E-state index contributed by atoms with van der Waals surface area (Å²) in [7, 11) is 0. The van der Waals surface area contributed by atoms with E-state index in [4.69, 9.17) is 4.74 Å². The third-order valence-corrected chi connectivity index (χ3v) is 2.53. The Morgan fingerprint density at radius 3 is 2.68 bits per heavy atom. The van der Waals surface area contributed by atoms with Crippen LogP contribution in [0.3, 0.4) is 0 Å². The number of carbonyl (C=O) groups is 2. The highest BCUT2D eigenvalue weighted by Gasteiger charge is 2.13. The Balaban J connectivity index is 2.78. The molecule has 0 radical (unpaired) electrons. The Kier molecular flexibility index (Phi) is 5.85. The summed E-state index contributed by atoms with van der Waals surface area (Å²) < 4.78 is 4.82. The van der Waals surface area contributed by atoms with E-state index in [1.807, 2.05) is 6.92 Å². The van der Waals surface area contributed by atoms with Crippen LogP contribution in [0.2, 0.25) is 0 Å². The van der Waals surface area contributed by atoms with Crippen molar-refractivity contribution >= 4 is 17.6 Å². The lowest BCUT2D eigenvalue weighted by Gasteiger charge is -2.08. The maximum absolute atomic E-state index is 11.6. The molecule has 1 aromatic rings. The zero-order valence-electron chi connectivity index (χ0n) is 11.2. The van der Waals surface area contributed by atoms with Gasteiger partial charge < -0.3 is 15.2 Å². The number of hydrogen-bond donors (Lipinski definition) is 2. The largest absolute Gasteiger partial charge is 0.507 e. The smallest absolute Gasteiger partial charge is 0.341 e. The van der Waals surface area contributed by atoms with Gasteiger partial charge in [-0.05, 0) is 31.5 Å². The van der Waals surface area contributed by atoms with Crippen LogP contribution < -0.4 is 5.32 Å². The van der Waals surface area contributed by atoms with Gasteiger partial charge >= 0.3 is 5.97 Å². The number of amides is 1. The second kappa shape index (κ2) is 7.41. The summed E-state index contributed by atoms with van der Waals surface area (Å²) in [5.41, 5.74) is 0.525. The van der Waals surface area contributed by atoms with Gasteiger partial charge in [-0.15, -0.1) is 0 Å². The highest BCUT2D eigenvalue weighted by Crippen LogP contribution is 2.22. The third kappa shape index (κ3) is 4.62. The second-order valence-electron chi connectivity index (χ2n) is 4.10. The molecule has 0 unspecified atom stereocenters. The van der Waals surface area contributed by atoms with Gasteiger partial charge in [-0.2, -0.15) is 0 Å². The molecule has 0 spiro atoms. The predicted molar refractivity (Wildman–Crippen MR) is 72.2 cm³/mol. The fourth-order valence-corrected chi connectivity index (χ4v) is 1.55. The van der Waals surface area contributed by atoms with Crippen molar-refractivity contribution in [1.29, 1.82) is 0 Å². The molecule has 5 nitrogen and oxygen atoms in total. The molecule has 1 aromatic carbocycles. The SMILES string of the molecule is CCCCC(=O)Nc1ccc(O)c(C(=O)OCC)c1. The minimum atomic E-state index is -0.607. The topological polar surface area (TPSA) is 75.6 Å². The van der Waals surface area contributed by atoms with E-state index in [9.17, 15) is 14.7 Å². The van der Waals surface area contributed by atoms with E-state index >= 15 is 0 Å². The fraction of sp³-hybridized carbons (Fsp3) is 0.429. The molecule has 0 aromatic heterocycles. The summed E-state index contributed by atoms with van der Waals surface area (Å²) in [4.78, 5) is 23.2. The number of hydrogen-bond acceptors (Lipinski definition) is 4. The molecule has 19 heavy (non-hydrogen) atoms. The number of aromatic hydroxyl groups is 1. The first-order valence-corrected chi connectivity index (χ1v) is 6.38. The number of anilines is 1. The molecule has 5 heteroatoms. The van der Waals surface area contributed by atoms with Gasteiger partial charge in [-0.3, -0.25) is 4.79 Å². The van der Waals surface area contributed by atoms with Crippen LogP contribution in [0.15, 0.2) is 18.2 Å². The van der Waals surface area contributed by atoms with Gasteiger partial charge in [0.05, 0.1) is 6.61 Å². The van der Waals surface area contributed by atoms with Crippen molar-refractivity contribution in [3.05, 3.63) is 23.8 Å². The Bertz CT molecular complexity index is 457. The summed E-state index contributed by atoms with van der Waals surface area (Å²) in [6.07, 6.45) is 2.19. The number of rotatable bonds is 6. The molecular formula is C14H19NO4. The number of nitrogens with one attached hydrogen (secondary N) is 1. The minimum Gasteiger partial charge on any atom is -0.507 e. The molecule has 0 heterocycles. The van der Waals surface area contributed by atoms with E-state index in [0.29, 0.717) is 12.1 Å². The summed E-state index contributed by atoms with van der Waals surface area (Å²) in [5, 5.41) is 12.3. The Morgan fingerprint density at radius 2 is 2.05 bits per heavy atom. The lowest BCUT2D eigenvalue weighted by Crippen LogP contribution is -2.12. The Morgan fingerprint density at radius 1 is 1.32 bits per heavy atom. The van der Waals surface area contributed by atoms with Gasteiger partial charge in [0.1, 0.15) is 11.3 Å². The summed E-state index contributed by atoms with van der Waals surface area (Å²) in [6, 6.07) is 4.32. The van der Waals surface area contributed by atoms with E-state index in [1.165, 1.54) is 12.1 Å². The molecule has 0 aliphatic heterocycles. The maximum Gasteiger partial charge on any atom is 0.341 e. The number of ether oxygens (including phenoxy) is 1. The number of benzene rings is 1. The van der Waals surface area contributed by atoms with Gasteiger partial charge in [0.2, 0.25) is 5.91 Å². The number of carbonyl (C=O) groups excluding carboxylic acids is 2. The van der Waals surface area contributed by atoms with E-state index in [1.54, 1.807) is 13.0 Å². The number of phenols is 1. The van der Waals surface area contributed by atoms with Crippen LogP contribution in [-0.4, -0.2) is 23.6 Å². The van der Waals surface area contributed by atoms with E-state index in [0.717, 1.165) is 12.8 Å². The average molecular weight is 265 g/mol. The highest BCUT2D eigenvalue weighted by molar-refractivity contribution is 5.96. The van der Waals surface area contributed by atoms with E-state index in [2.05, 4.69) is 5.32 Å². The zero-order valence-corrected chi connectivity index (χ0v) is 11.2. The highest BCUT2D eigenvalue weighted by atomic mass is 16.5. The monoisotopic (exact) mass is 265 g/mol. The van der Waals surface area contributed by atoms with Gasteiger partial charge in [0.25, 0.3) is 0 Å².